The van der Waals surface area contributed by atoms with E-state index in [1.807, 2.05) is 86.6 Å². The zero-order valence-corrected chi connectivity index (χ0v) is 20.9. The number of hydrazone groups is 2. The van der Waals surface area contributed by atoms with Gasteiger partial charge in [0.2, 0.25) is 11.8 Å². The van der Waals surface area contributed by atoms with Crippen molar-refractivity contribution < 1.29 is 19.1 Å². The van der Waals surface area contributed by atoms with E-state index in [0.29, 0.717) is 11.4 Å². The second kappa shape index (κ2) is 12.9. The van der Waals surface area contributed by atoms with Crippen molar-refractivity contribution in [2.75, 3.05) is 14.2 Å². The highest BCUT2D eigenvalue weighted by Crippen LogP contribution is 2.13. The van der Waals surface area contributed by atoms with Crippen LogP contribution in [0.2, 0.25) is 0 Å². The van der Waals surface area contributed by atoms with Crippen LogP contribution in [0.25, 0.3) is 0 Å². The van der Waals surface area contributed by atoms with E-state index >= 15 is 0 Å². The lowest BCUT2D eigenvalue weighted by atomic mass is 10.1. The first-order chi connectivity index (χ1) is 17.4. The second-order valence-electron chi connectivity index (χ2n) is 8.09. The lowest BCUT2D eigenvalue weighted by Gasteiger charge is -2.06. The molecule has 0 aliphatic heterocycles. The molecule has 0 atom stereocenters. The fourth-order valence-electron chi connectivity index (χ4n) is 3.31. The van der Waals surface area contributed by atoms with E-state index in [4.69, 9.17) is 9.47 Å². The summed E-state index contributed by atoms with van der Waals surface area (Å²) in [5.74, 6) is 1.08. The number of nitrogens with zero attached hydrogens (tertiary/aromatic N) is 2. The van der Waals surface area contributed by atoms with Gasteiger partial charge >= 0.3 is 0 Å². The van der Waals surface area contributed by atoms with Crippen LogP contribution >= 0.6 is 0 Å². The van der Waals surface area contributed by atoms with Crippen LogP contribution in [0.3, 0.4) is 0 Å². The average Bonchev–Trinajstić information content (AvgIpc) is 2.91. The second-order valence-corrected chi connectivity index (χ2v) is 8.09. The van der Waals surface area contributed by atoms with Crippen molar-refractivity contribution in [1.82, 2.24) is 10.9 Å². The largest absolute Gasteiger partial charge is 0.497 e. The average molecular weight is 487 g/mol. The molecular formula is C28H30N4O4. The summed E-state index contributed by atoms with van der Waals surface area (Å²) in [7, 11) is 3.20. The monoisotopic (exact) mass is 486 g/mol. The summed E-state index contributed by atoms with van der Waals surface area (Å²) < 4.78 is 10.3. The molecule has 0 fully saturated rings. The highest BCUT2D eigenvalue weighted by atomic mass is 16.5. The number of nitrogens with one attached hydrogen (secondary N) is 2. The molecule has 3 aromatic carbocycles. The van der Waals surface area contributed by atoms with E-state index in [1.54, 1.807) is 14.2 Å². The van der Waals surface area contributed by atoms with E-state index in [1.165, 1.54) is 0 Å². The van der Waals surface area contributed by atoms with Crippen molar-refractivity contribution in [2.45, 2.75) is 26.7 Å². The van der Waals surface area contributed by atoms with Gasteiger partial charge in [0.05, 0.1) is 38.5 Å². The lowest BCUT2D eigenvalue weighted by Crippen LogP contribution is -2.21. The topological polar surface area (TPSA) is 101 Å². The number of amides is 2. The summed E-state index contributed by atoms with van der Waals surface area (Å²) in [6.45, 7) is 3.64. The Kier molecular flexibility index (Phi) is 9.33. The molecule has 8 heteroatoms. The first-order valence-corrected chi connectivity index (χ1v) is 11.4. The third-order valence-corrected chi connectivity index (χ3v) is 5.46. The van der Waals surface area contributed by atoms with Gasteiger partial charge < -0.3 is 9.47 Å². The molecule has 0 unspecified atom stereocenters. The SMILES string of the molecule is COc1ccc(CC(=O)N/N=C(\C)c2ccc(/C(C)=N/NC(=O)Cc3ccc(OC)cc3)cc2)cc1. The third kappa shape index (κ3) is 7.80. The van der Waals surface area contributed by atoms with Crippen LogP contribution in [0.15, 0.2) is 83.0 Å². The highest BCUT2D eigenvalue weighted by Gasteiger charge is 2.06. The van der Waals surface area contributed by atoms with Crippen LogP contribution in [-0.4, -0.2) is 37.5 Å². The van der Waals surface area contributed by atoms with Gasteiger partial charge in [-0.3, -0.25) is 9.59 Å². The van der Waals surface area contributed by atoms with Gasteiger partial charge in [-0.05, 0) is 60.4 Å². The third-order valence-electron chi connectivity index (χ3n) is 5.46. The van der Waals surface area contributed by atoms with Crippen LogP contribution in [0, 0.1) is 0 Å². The van der Waals surface area contributed by atoms with Crippen LogP contribution < -0.4 is 20.3 Å². The number of ether oxygens (including phenoxy) is 2. The minimum Gasteiger partial charge on any atom is -0.497 e. The maximum absolute atomic E-state index is 12.2. The molecule has 2 N–H and O–H groups in total. The first kappa shape index (κ1) is 26.2. The molecule has 8 nitrogen and oxygen atoms in total. The van der Waals surface area contributed by atoms with Gasteiger partial charge in [0.1, 0.15) is 11.5 Å². The van der Waals surface area contributed by atoms with Gasteiger partial charge in [-0.25, -0.2) is 10.9 Å². The Labute approximate surface area is 211 Å². The summed E-state index contributed by atoms with van der Waals surface area (Å²) in [4.78, 5) is 24.4. The van der Waals surface area contributed by atoms with Gasteiger partial charge in [-0.15, -0.1) is 0 Å². The molecule has 0 aliphatic rings. The molecule has 0 heterocycles. The van der Waals surface area contributed by atoms with Crippen molar-refractivity contribution in [3.63, 3.8) is 0 Å². The molecule has 2 amide bonds. The Hall–Kier alpha value is -4.46. The molecule has 0 radical (unpaired) electrons. The standard InChI is InChI=1S/C28H30N4O4/c1-19(29-31-27(33)17-21-5-13-25(35-3)14-6-21)23-9-11-24(12-10-23)20(2)30-32-28(34)18-22-7-15-26(36-4)16-8-22/h5-16H,17-18H2,1-4H3,(H,31,33)(H,32,34)/b29-19+,30-20+. The molecule has 3 rings (SSSR count). The smallest absolute Gasteiger partial charge is 0.244 e. The number of carbonyl (C=O) groups excluding carboxylic acids is 2. The van der Waals surface area contributed by atoms with Crippen LogP contribution in [-0.2, 0) is 22.4 Å². The van der Waals surface area contributed by atoms with Crippen LogP contribution in [0.4, 0.5) is 0 Å². The van der Waals surface area contributed by atoms with Crippen molar-refractivity contribution >= 4 is 23.2 Å². The van der Waals surface area contributed by atoms with Gasteiger partial charge in [0, 0.05) is 0 Å². The zero-order chi connectivity index (χ0) is 25.9. The first-order valence-electron chi connectivity index (χ1n) is 11.4. The lowest BCUT2D eigenvalue weighted by molar-refractivity contribution is -0.121. The van der Waals surface area contributed by atoms with E-state index < -0.39 is 0 Å². The molecule has 0 bridgehead atoms. The summed E-state index contributed by atoms with van der Waals surface area (Å²) in [5, 5.41) is 8.41. The molecule has 0 saturated heterocycles. The minimum atomic E-state index is -0.204. The molecule has 0 aromatic heterocycles. The van der Waals surface area contributed by atoms with Gasteiger partial charge in [-0.1, -0.05) is 48.5 Å². The normalized spacial score (nSPS) is 11.6. The van der Waals surface area contributed by atoms with E-state index in [9.17, 15) is 9.59 Å². The number of hydrogen-bond donors (Lipinski definition) is 2. The summed E-state index contributed by atoms with van der Waals surface area (Å²) >= 11 is 0. The molecule has 186 valence electrons. The van der Waals surface area contributed by atoms with Gasteiger partial charge in [-0.2, -0.15) is 10.2 Å². The summed E-state index contributed by atoms with van der Waals surface area (Å²) in [6, 6.07) is 22.2. The van der Waals surface area contributed by atoms with Crippen molar-refractivity contribution in [1.29, 1.82) is 0 Å². The molecule has 0 spiro atoms. The van der Waals surface area contributed by atoms with Crippen LogP contribution in [0.1, 0.15) is 36.1 Å². The maximum atomic E-state index is 12.2. The Bertz CT molecular complexity index is 1130. The number of rotatable bonds is 10. The predicted octanol–water partition coefficient (Wildman–Crippen LogP) is 3.87. The fraction of sp³-hybridized carbons (Fsp3) is 0.214. The fourth-order valence-corrected chi connectivity index (χ4v) is 3.31. The maximum Gasteiger partial charge on any atom is 0.244 e. The summed E-state index contributed by atoms with van der Waals surface area (Å²) in [6.07, 6.45) is 0.444. The Morgan fingerprint density at radius 1 is 0.611 bits per heavy atom. The number of methoxy groups -OCH3 is 2. The highest BCUT2D eigenvalue weighted by molar-refractivity contribution is 6.02. The Balaban J connectivity index is 1.51. The minimum absolute atomic E-state index is 0.204. The van der Waals surface area contributed by atoms with E-state index in [-0.39, 0.29) is 24.7 Å². The molecule has 36 heavy (non-hydrogen) atoms. The molecule has 0 saturated carbocycles. The van der Waals surface area contributed by atoms with Crippen LogP contribution in [0.5, 0.6) is 11.5 Å². The molecule has 0 aliphatic carbocycles. The van der Waals surface area contributed by atoms with E-state index in [2.05, 4.69) is 21.1 Å². The molecular weight excluding hydrogens is 456 g/mol. The molecule has 3 aromatic rings. The number of hydrogen-bond acceptors (Lipinski definition) is 6. The van der Waals surface area contributed by atoms with Gasteiger partial charge in [0.15, 0.2) is 0 Å². The zero-order valence-electron chi connectivity index (χ0n) is 20.9. The van der Waals surface area contributed by atoms with Crippen molar-refractivity contribution in [3.05, 3.63) is 95.1 Å². The van der Waals surface area contributed by atoms with Gasteiger partial charge in [0.25, 0.3) is 0 Å². The Morgan fingerprint density at radius 3 is 1.25 bits per heavy atom. The predicted molar refractivity (Wildman–Crippen MR) is 141 cm³/mol. The summed E-state index contributed by atoms with van der Waals surface area (Å²) in [5.41, 5.74) is 10.00. The number of carbonyl (C=O) groups is 2. The quantitative estimate of drug-likeness (QED) is 0.336. The van der Waals surface area contributed by atoms with Crippen molar-refractivity contribution in [3.8, 4) is 11.5 Å². The Morgan fingerprint density at radius 2 is 0.944 bits per heavy atom. The number of benzene rings is 3. The van der Waals surface area contributed by atoms with E-state index in [0.717, 1.165) is 33.8 Å². The van der Waals surface area contributed by atoms with Crippen molar-refractivity contribution in [2.24, 2.45) is 10.2 Å².